The number of hydrogen-bond acceptors (Lipinski definition) is 2. The molecule has 1 saturated carbocycles. The van der Waals surface area contributed by atoms with Crippen LogP contribution in [-0.4, -0.2) is 23.4 Å². The van der Waals surface area contributed by atoms with Gasteiger partial charge in [-0.25, -0.2) is 0 Å². The molecule has 1 aliphatic carbocycles. The van der Waals surface area contributed by atoms with Gasteiger partial charge >= 0.3 is 0 Å². The zero-order valence-corrected chi connectivity index (χ0v) is 13.1. The predicted molar refractivity (Wildman–Crippen MR) is 84.6 cm³/mol. The number of benzene rings is 1. The number of amides is 1. The maximum absolute atomic E-state index is 12.5. The minimum Gasteiger partial charge on any atom is -0.335 e. The smallest absolute Gasteiger partial charge is 0.227 e. The first kappa shape index (κ1) is 17.0. The van der Waals surface area contributed by atoms with Crippen LogP contribution in [-0.2, 0) is 11.3 Å². The molecule has 1 aromatic carbocycles. The number of nitrogens with two attached hydrogens (primary N) is 1. The molecule has 2 rings (SSSR count). The van der Waals surface area contributed by atoms with Crippen LogP contribution < -0.4 is 5.73 Å². The van der Waals surface area contributed by atoms with Gasteiger partial charge in [-0.05, 0) is 31.2 Å². The van der Waals surface area contributed by atoms with Gasteiger partial charge in [0.05, 0.1) is 0 Å². The third-order valence-electron chi connectivity index (χ3n) is 4.05. The molecular weight excluding hydrogens is 272 g/mol. The molecule has 20 heavy (non-hydrogen) atoms. The minimum absolute atomic E-state index is 0. The Balaban J connectivity index is 0.00000200. The molecule has 2 unspecified atom stereocenters. The first-order chi connectivity index (χ1) is 9.13. The lowest BCUT2D eigenvalue weighted by Crippen LogP contribution is -2.43. The Kier molecular flexibility index (Phi) is 6.50. The van der Waals surface area contributed by atoms with Crippen molar-refractivity contribution in [1.29, 1.82) is 0 Å². The summed E-state index contributed by atoms with van der Waals surface area (Å²) in [6.07, 6.45) is 2.49. The Hall–Kier alpha value is -1.06. The standard InChI is InChI=1S/C16H24N2O.ClH/c1-12(10-17)16(19)18(13(2)15-8-9-15)11-14-6-4-3-5-7-14;/h3-7,12-13,15H,8-11,17H2,1-2H3;1H. The largest absolute Gasteiger partial charge is 0.335 e. The third-order valence-corrected chi connectivity index (χ3v) is 4.05. The van der Waals surface area contributed by atoms with Gasteiger partial charge in [0.15, 0.2) is 0 Å². The second-order valence-corrected chi connectivity index (χ2v) is 5.67. The van der Waals surface area contributed by atoms with Crippen LogP contribution in [0.5, 0.6) is 0 Å². The molecule has 0 aliphatic heterocycles. The summed E-state index contributed by atoms with van der Waals surface area (Å²) in [6, 6.07) is 10.5. The highest BCUT2D eigenvalue weighted by Crippen LogP contribution is 2.36. The zero-order chi connectivity index (χ0) is 13.8. The maximum Gasteiger partial charge on any atom is 0.227 e. The molecule has 4 heteroatoms. The summed E-state index contributed by atoms with van der Waals surface area (Å²) in [7, 11) is 0. The van der Waals surface area contributed by atoms with E-state index in [1.54, 1.807) is 0 Å². The van der Waals surface area contributed by atoms with Gasteiger partial charge in [0.25, 0.3) is 0 Å². The Morgan fingerprint density at radius 2 is 1.90 bits per heavy atom. The number of halogens is 1. The maximum atomic E-state index is 12.5. The Bertz CT molecular complexity index is 420. The van der Waals surface area contributed by atoms with E-state index in [4.69, 9.17) is 5.73 Å². The summed E-state index contributed by atoms with van der Waals surface area (Å²) in [5.74, 6) is 0.772. The molecule has 0 heterocycles. The number of hydrogen-bond donors (Lipinski definition) is 1. The molecule has 3 nitrogen and oxygen atoms in total. The van der Waals surface area contributed by atoms with E-state index in [1.165, 1.54) is 18.4 Å². The SMILES string of the molecule is CC(CN)C(=O)N(Cc1ccccc1)C(C)C1CC1.Cl. The first-order valence-corrected chi connectivity index (χ1v) is 7.18. The van der Waals surface area contributed by atoms with Crippen molar-refractivity contribution in [3.8, 4) is 0 Å². The van der Waals surface area contributed by atoms with Gasteiger partial charge in [0, 0.05) is 25.0 Å². The molecule has 0 aromatic heterocycles. The minimum atomic E-state index is -0.0927. The molecule has 2 N–H and O–H groups in total. The van der Waals surface area contributed by atoms with E-state index in [0.717, 1.165) is 0 Å². The summed E-state index contributed by atoms with van der Waals surface area (Å²) < 4.78 is 0. The Morgan fingerprint density at radius 1 is 1.30 bits per heavy atom. The van der Waals surface area contributed by atoms with Crippen molar-refractivity contribution in [1.82, 2.24) is 4.90 Å². The van der Waals surface area contributed by atoms with Crippen LogP contribution in [0.25, 0.3) is 0 Å². The van der Waals surface area contributed by atoms with Crippen LogP contribution in [0, 0.1) is 11.8 Å². The van der Waals surface area contributed by atoms with E-state index in [-0.39, 0.29) is 24.2 Å². The summed E-state index contributed by atoms with van der Waals surface area (Å²) in [6.45, 7) is 5.20. The van der Waals surface area contributed by atoms with Gasteiger partial charge in [-0.15, -0.1) is 12.4 Å². The van der Waals surface area contributed by atoms with Gasteiger partial charge < -0.3 is 10.6 Å². The summed E-state index contributed by atoms with van der Waals surface area (Å²) in [5, 5.41) is 0. The number of carbonyl (C=O) groups excluding carboxylic acids is 1. The van der Waals surface area contributed by atoms with Crippen LogP contribution >= 0.6 is 12.4 Å². The molecule has 0 radical (unpaired) electrons. The van der Waals surface area contributed by atoms with Crippen molar-refractivity contribution in [2.75, 3.05) is 6.54 Å². The van der Waals surface area contributed by atoms with Gasteiger partial charge in [0.2, 0.25) is 5.91 Å². The molecule has 0 spiro atoms. The predicted octanol–water partition coefficient (Wildman–Crippen LogP) is 2.83. The molecule has 1 amide bonds. The second kappa shape index (κ2) is 7.65. The highest BCUT2D eigenvalue weighted by Gasteiger charge is 2.35. The van der Waals surface area contributed by atoms with Crippen molar-refractivity contribution in [3.63, 3.8) is 0 Å². The Morgan fingerprint density at radius 3 is 2.40 bits per heavy atom. The average molecular weight is 297 g/mol. The van der Waals surface area contributed by atoms with E-state index in [1.807, 2.05) is 30.0 Å². The highest BCUT2D eigenvalue weighted by atomic mass is 35.5. The molecule has 1 aliphatic rings. The summed E-state index contributed by atoms with van der Waals surface area (Å²) >= 11 is 0. The van der Waals surface area contributed by atoms with Gasteiger partial charge in [-0.2, -0.15) is 0 Å². The molecule has 1 aromatic rings. The number of carbonyl (C=O) groups is 1. The lowest BCUT2D eigenvalue weighted by molar-refractivity contribution is -0.137. The topological polar surface area (TPSA) is 46.3 Å². The quantitative estimate of drug-likeness (QED) is 0.877. The molecule has 1 fully saturated rings. The average Bonchev–Trinajstić information content (AvgIpc) is 3.28. The van der Waals surface area contributed by atoms with E-state index in [9.17, 15) is 4.79 Å². The lowest BCUT2D eigenvalue weighted by Gasteiger charge is -2.31. The van der Waals surface area contributed by atoms with Crippen LogP contribution in [0.2, 0.25) is 0 Å². The van der Waals surface area contributed by atoms with Gasteiger partial charge in [-0.3, -0.25) is 4.79 Å². The molecule has 0 saturated heterocycles. The first-order valence-electron chi connectivity index (χ1n) is 7.18. The fourth-order valence-electron chi connectivity index (χ4n) is 2.42. The fraction of sp³-hybridized carbons (Fsp3) is 0.562. The highest BCUT2D eigenvalue weighted by molar-refractivity contribution is 5.85. The molecule has 2 atom stereocenters. The van der Waals surface area contributed by atoms with Crippen LogP contribution in [0.3, 0.4) is 0 Å². The van der Waals surface area contributed by atoms with E-state index in [2.05, 4.69) is 19.1 Å². The number of rotatable bonds is 6. The van der Waals surface area contributed by atoms with Crippen LogP contribution in [0.15, 0.2) is 30.3 Å². The normalized spacial score (nSPS) is 16.9. The van der Waals surface area contributed by atoms with Crippen molar-refractivity contribution in [2.24, 2.45) is 17.6 Å². The molecule has 112 valence electrons. The fourth-order valence-corrected chi connectivity index (χ4v) is 2.42. The van der Waals surface area contributed by atoms with Crippen molar-refractivity contribution < 1.29 is 4.79 Å². The number of nitrogens with zero attached hydrogens (tertiary/aromatic N) is 1. The monoisotopic (exact) mass is 296 g/mol. The van der Waals surface area contributed by atoms with E-state index < -0.39 is 0 Å². The van der Waals surface area contributed by atoms with E-state index >= 15 is 0 Å². The van der Waals surface area contributed by atoms with Gasteiger partial charge in [0.1, 0.15) is 0 Å². The van der Waals surface area contributed by atoms with Gasteiger partial charge in [-0.1, -0.05) is 37.3 Å². The van der Waals surface area contributed by atoms with Crippen LogP contribution in [0.1, 0.15) is 32.3 Å². The summed E-state index contributed by atoms with van der Waals surface area (Å²) in [4.78, 5) is 14.5. The van der Waals surface area contributed by atoms with Crippen molar-refractivity contribution in [3.05, 3.63) is 35.9 Å². The van der Waals surface area contributed by atoms with Crippen LogP contribution in [0.4, 0.5) is 0 Å². The molecule has 0 bridgehead atoms. The second-order valence-electron chi connectivity index (χ2n) is 5.67. The molecular formula is C16H25ClN2O. The third kappa shape index (κ3) is 4.22. The van der Waals surface area contributed by atoms with Crippen molar-refractivity contribution in [2.45, 2.75) is 39.3 Å². The van der Waals surface area contributed by atoms with E-state index in [0.29, 0.717) is 25.0 Å². The lowest BCUT2D eigenvalue weighted by atomic mass is 10.1. The zero-order valence-electron chi connectivity index (χ0n) is 12.3. The Labute approximate surface area is 127 Å². The summed E-state index contributed by atoms with van der Waals surface area (Å²) in [5.41, 5.74) is 6.84. The van der Waals surface area contributed by atoms with Crippen molar-refractivity contribution >= 4 is 18.3 Å².